The smallest absolute Gasteiger partial charge is 0.340 e. The van der Waals surface area contributed by atoms with E-state index in [0.29, 0.717) is 0 Å². The van der Waals surface area contributed by atoms with Gasteiger partial charge in [-0.15, -0.1) is 5.10 Å². The van der Waals surface area contributed by atoms with E-state index in [1.165, 1.54) is 18.3 Å². The fourth-order valence-electron chi connectivity index (χ4n) is 1.50. The van der Waals surface area contributed by atoms with E-state index in [-0.39, 0.29) is 16.5 Å². The Bertz CT molecular complexity index is 724. The Morgan fingerprint density at radius 2 is 2.13 bits per heavy atom. The number of aromatic nitrogens is 3. The van der Waals surface area contributed by atoms with Crippen molar-refractivity contribution in [1.82, 2.24) is 14.8 Å². The summed E-state index contributed by atoms with van der Waals surface area (Å²) in [6, 6.07) is 3.87. The van der Waals surface area contributed by atoms with Gasteiger partial charge in [0.1, 0.15) is 5.69 Å². The Morgan fingerprint density at radius 1 is 1.43 bits per heavy atom. The number of ether oxygens (including phenoxy) is 1. The fourth-order valence-corrected chi connectivity index (χ4v) is 1.83. The second-order valence-corrected chi connectivity index (χ2v) is 4.96. The maximum absolute atomic E-state index is 12.8. The molecule has 124 valence electrons. The molecule has 0 atom stereocenters. The predicted molar refractivity (Wildman–Crippen MR) is 73.0 cm³/mol. The first-order chi connectivity index (χ1) is 10.7. The minimum atomic E-state index is -4.36. The molecule has 0 unspecified atom stereocenters. The first-order valence-electron chi connectivity index (χ1n) is 5.92. The number of pyridine rings is 1. The molecule has 2 heterocycles. The maximum Gasteiger partial charge on any atom is 0.340 e. The molecule has 23 heavy (non-hydrogen) atoms. The lowest BCUT2D eigenvalue weighted by Gasteiger charge is -2.14. The average molecular weight is 372 g/mol. The number of carbonyl (C=O) groups is 1. The van der Waals surface area contributed by atoms with Gasteiger partial charge in [0.15, 0.2) is 12.4 Å². The van der Waals surface area contributed by atoms with Crippen LogP contribution >= 0.6 is 23.2 Å². The predicted octanol–water partition coefficient (Wildman–Crippen LogP) is 3.58. The van der Waals surface area contributed by atoms with Crippen molar-refractivity contribution in [1.29, 1.82) is 0 Å². The van der Waals surface area contributed by atoms with E-state index >= 15 is 0 Å². The monoisotopic (exact) mass is 371 g/mol. The Balaban J connectivity index is 2.33. The second-order valence-electron chi connectivity index (χ2n) is 4.21. The van der Waals surface area contributed by atoms with Crippen molar-refractivity contribution >= 4 is 28.4 Å². The van der Waals surface area contributed by atoms with Crippen LogP contribution in [0.25, 0.3) is 5.82 Å². The number of hydrogen-bond acceptors (Lipinski definition) is 4. The summed E-state index contributed by atoms with van der Waals surface area (Å²) in [6.45, 7) is -1.62. The summed E-state index contributed by atoms with van der Waals surface area (Å²) in [5.74, 6) is -4.87. The number of hydrogen-bond donors (Lipinski definition) is 0. The molecule has 0 aliphatic rings. The molecule has 0 aromatic carbocycles. The van der Waals surface area contributed by atoms with Crippen LogP contribution in [0.15, 0.2) is 24.4 Å². The van der Waals surface area contributed by atoms with Gasteiger partial charge in [-0.05, 0) is 23.7 Å². The summed E-state index contributed by atoms with van der Waals surface area (Å²) in [4.78, 5) is 15.3. The summed E-state index contributed by atoms with van der Waals surface area (Å²) in [5.41, 5.74) is -0.275. The molecule has 0 radical (unpaired) electrons. The van der Waals surface area contributed by atoms with Gasteiger partial charge in [0.2, 0.25) is 5.88 Å². The zero-order chi connectivity index (χ0) is 17.2. The summed E-state index contributed by atoms with van der Waals surface area (Å²) < 4.78 is 55.3. The van der Waals surface area contributed by atoms with Crippen molar-refractivity contribution in [3.63, 3.8) is 0 Å². The van der Waals surface area contributed by atoms with Gasteiger partial charge >= 0.3 is 12.3 Å². The van der Waals surface area contributed by atoms with Crippen LogP contribution in [0, 0.1) is 0 Å². The quantitative estimate of drug-likeness (QED) is 0.575. The standard InChI is InChI=1S/C12H7Cl2F4N3O2/c13-6-2-1-3-19-10(6)21-7(9(14)22)4-8(20-21)23-5-12(17,18)11(15)16/h1-4,11H,5H2. The lowest BCUT2D eigenvalue weighted by Crippen LogP contribution is -2.33. The van der Waals surface area contributed by atoms with Gasteiger partial charge in [0, 0.05) is 12.3 Å². The molecule has 0 saturated heterocycles. The van der Waals surface area contributed by atoms with E-state index in [1.54, 1.807) is 0 Å². The van der Waals surface area contributed by atoms with Gasteiger partial charge in [-0.3, -0.25) is 4.79 Å². The third-order valence-corrected chi connectivity index (χ3v) is 3.05. The molecule has 2 rings (SSSR count). The van der Waals surface area contributed by atoms with Gasteiger partial charge in [-0.2, -0.15) is 8.78 Å². The van der Waals surface area contributed by atoms with Crippen LogP contribution in [0.3, 0.4) is 0 Å². The van der Waals surface area contributed by atoms with E-state index < -0.39 is 30.1 Å². The Hall–Kier alpha value is -1.87. The molecule has 0 aliphatic heterocycles. The van der Waals surface area contributed by atoms with Crippen molar-refractivity contribution in [3.8, 4) is 11.7 Å². The van der Waals surface area contributed by atoms with Crippen LogP contribution < -0.4 is 4.74 Å². The summed E-state index contributed by atoms with van der Waals surface area (Å²) in [6.07, 6.45) is -2.56. The molecule has 2 aromatic rings. The van der Waals surface area contributed by atoms with Crippen LogP contribution in [-0.2, 0) is 0 Å². The Kier molecular flexibility index (Phi) is 5.10. The van der Waals surface area contributed by atoms with E-state index in [4.69, 9.17) is 23.2 Å². The van der Waals surface area contributed by atoms with Crippen LogP contribution in [0.5, 0.6) is 5.88 Å². The second kappa shape index (κ2) is 6.71. The van der Waals surface area contributed by atoms with Crippen molar-refractivity contribution in [2.75, 3.05) is 6.61 Å². The first-order valence-corrected chi connectivity index (χ1v) is 6.67. The molecular formula is C12H7Cl2F4N3O2. The van der Waals surface area contributed by atoms with Gasteiger partial charge in [0.25, 0.3) is 5.24 Å². The van der Waals surface area contributed by atoms with Gasteiger partial charge < -0.3 is 4.74 Å². The first kappa shape index (κ1) is 17.5. The normalized spacial score (nSPS) is 11.8. The average Bonchev–Trinajstić information content (AvgIpc) is 2.90. The molecule has 0 amide bonds. The fraction of sp³-hybridized carbons (Fsp3) is 0.250. The molecule has 11 heteroatoms. The Labute approximate surface area is 136 Å². The lowest BCUT2D eigenvalue weighted by molar-refractivity contribution is -0.148. The molecule has 0 saturated carbocycles. The topological polar surface area (TPSA) is 57.0 Å². The molecule has 0 aliphatic carbocycles. The van der Waals surface area contributed by atoms with Crippen molar-refractivity contribution in [2.45, 2.75) is 12.3 Å². The molecule has 0 N–H and O–H groups in total. The van der Waals surface area contributed by atoms with Crippen LogP contribution in [0.1, 0.15) is 10.5 Å². The maximum atomic E-state index is 12.8. The van der Waals surface area contributed by atoms with Crippen molar-refractivity contribution in [2.24, 2.45) is 0 Å². The zero-order valence-electron chi connectivity index (χ0n) is 11.0. The Morgan fingerprint density at radius 3 is 2.70 bits per heavy atom. The zero-order valence-corrected chi connectivity index (χ0v) is 12.5. The number of carbonyl (C=O) groups excluding carboxylic acids is 1. The number of nitrogens with zero attached hydrogens (tertiary/aromatic N) is 3. The largest absolute Gasteiger partial charge is 0.470 e. The highest BCUT2D eigenvalue weighted by molar-refractivity contribution is 6.67. The number of rotatable bonds is 6. The highest BCUT2D eigenvalue weighted by atomic mass is 35.5. The van der Waals surface area contributed by atoms with Gasteiger partial charge in [0.05, 0.1) is 5.02 Å². The van der Waals surface area contributed by atoms with E-state index in [9.17, 15) is 22.4 Å². The third kappa shape index (κ3) is 3.91. The van der Waals surface area contributed by atoms with Crippen molar-refractivity contribution in [3.05, 3.63) is 35.1 Å². The highest BCUT2D eigenvalue weighted by Crippen LogP contribution is 2.26. The minimum Gasteiger partial charge on any atom is -0.470 e. The summed E-state index contributed by atoms with van der Waals surface area (Å²) in [5, 5.41) is 2.79. The van der Waals surface area contributed by atoms with E-state index in [0.717, 1.165) is 10.7 Å². The van der Waals surface area contributed by atoms with Crippen LogP contribution in [0.2, 0.25) is 5.02 Å². The number of alkyl halides is 4. The van der Waals surface area contributed by atoms with Crippen LogP contribution in [0.4, 0.5) is 17.6 Å². The molecule has 2 aromatic heterocycles. The van der Waals surface area contributed by atoms with Gasteiger partial charge in [-0.1, -0.05) is 11.6 Å². The SMILES string of the molecule is O=C(Cl)c1cc(OCC(F)(F)C(F)F)nn1-c1ncccc1Cl. The summed E-state index contributed by atoms with van der Waals surface area (Å²) in [7, 11) is 0. The molecule has 0 bridgehead atoms. The molecule has 5 nitrogen and oxygen atoms in total. The molecule has 0 fully saturated rings. The van der Waals surface area contributed by atoms with E-state index in [1.807, 2.05) is 0 Å². The highest BCUT2D eigenvalue weighted by Gasteiger charge is 2.42. The number of halogens is 6. The van der Waals surface area contributed by atoms with E-state index in [2.05, 4.69) is 14.8 Å². The molecule has 0 spiro atoms. The van der Waals surface area contributed by atoms with Crippen LogP contribution in [-0.4, -0.2) is 39.0 Å². The van der Waals surface area contributed by atoms with Crippen molar-refractivity contribution < 1.29 is 27.1 Å². The van der Waals surface area contributed by atoms with Gasteiger partial charge in [-0.25, -0.2) is 18.4 Å². The summed E-state index contributed by atoms with van der Waals surface area (Å²) >= 11 is 11.3. The lowest BCUT2D eigenvalue weighted by atomic mass is 10.4. The molecular weight excluding hydrogens is 365 g/mol. The third-order valence-electron chi connectivity index (χ3n) is 2.56. The minimum absolute atomic E-state index is 0.00589.